The second kappa shape index (κ2) is 24.8. The van der Waals surface area contributed by atoms with Crippen LogP contribution in [0.15, 0.2) is 114 Å². The lowest BCUT2D eigenvalue weighted by Crippen LogP contribution is -2.70. The maximum atomic E-state index is 15.1. The summed E-state index contributed by atoms with van der Waals surface area (Å²) in [4.78, 5) is 22.7. The summed E-state index contributed by atoms with van der Waals surface area (Å²) < 4.78 is 35.7. The van der Waals surface area contributed by atoms with Crippen molar-refractivity contribution < 1.29 is 38.4 Å². The second-order valence-electron chi connectivity index (χ2n) is 18.8. The molecule has 2 N–H and O–H groups in total. The normalized spacial score (nSPS) is 22.4. The number of oxime groups is 1. The summed E-state index contributed by atoms with van der Waals surface area (Å²) in [6.45, 7) is 6.91. The fraction of sp³-hybridized carbons (Fsp3) is 0.509. The van der Waals surface area contributed by atoms with E-state index in [1.807, 2.05) is 35.2 Å². The number of rotatable bonds is 27. The molecular weight excluding hydrogens is 844 g/mol. The molecule has 3 aliphatic rings. The molecule has 0 radical (unpaired) electrons. The first-order valence-corrected chi connectivity index (χ1v) is 25.2. The highest BCUT2D eigenvalue weighted by molar-refractivity contribution is 6.03. The van der Waals surface area contributed by atoms with Gasteiger partial charge in [0.25, 0.3) is 0 Å². The van der Waals surface area contributed by atoms with Gasteiger partial charge in [-0.2, -0.15) is 0 Å². The summed E-state index contributed by atoms with van der Waals surface area (Å²) in [5, 5.41) is 27.0. The van der Waals surface area contributed by atoms with Gasteiger partial charge in [-0.15, -0.1) is 6.58 Å². The molecule has 4 aromatic carbocycles. The Kier molecular flexibility index (Phi) is 18.5. The summed E-state index contributed by atoms with van der Waals surface area (Å²) in [7, 11) is 1.56. The number of nitrogens with zero attached hydrogens (tertiary/aromatic N) is 2. The lowest BCUT2D eigenvalue weighted by molar-refractivity contribution is -0.258. The second-order valence-corrected chi connectivity index (χ2v) is 18.8. The van der Waals surface area contributed by atoms with E-state index in [2.05, 4.69) is 49.9 Å². The minimum Gasteiger partial charge on any atom is -0.459 e. The highest BCUT2D eigenvalue weighted by Crippen LogP contribution is 2.62. The van der Waals surface area contributed by atoms with E-state index in [9.17, 15) is 14.6 Å². The SMILES string of the molecule is C=CCO[C@@]12Oc3ccc(Oc4ccc5ccccc5c4)cc3[C@H]3[C@H](CCCCO)[C@@H](CCCCO)C=C(C(=NOC)C[C@@H]1N(Cc1ccc(F)cc1)C(=O)CCCCCCCCCCC)[C@H]32. The minimum absolute atomic E-state index is 0.0229. The highest BCUT2D eigenvalue weighted by atomic mass is 19.1. The van der Waals surface area contributed by atoms with Crippen LogP contribution in [0.5, 0.6) is 17.2 Å². The fourth-order valence-electron chi connectivity index (χ4n) is 11.1. The Labute approximate surface area is 398 Å². The quantitative estimate of drug-likeness (QED) is 0.0348. The Balaban J connectivity index is 1.34. The Bertz CT molecular complexity index is 2280. The van der Waals surface area contributed by atoms with Crippen molar-refractivity contribution in [3.63, 3.8) is 0 Å². The molecule has 9 nitrogen and oxygen atoms in total. The van der Waals surface area contributed by atoms with Crippen molar-refractivity contribution in [3.8, 4) is 17.2 Å². The summed E-state index contributed by atoms with van der Waals surface area (Å²) in [6, 6.07) is 26.1. The van der Waals surface area contributed by atoms with Crippen LogP contribution in [0, 0.1) is 23.6 Å². The fourth-order valence-corrected chi connectivity index (χ4v) is 11.1. The number of hydrogen-bond acceptors (Lipinski definition) is 8. The molecule has 1 amide bonds. The molecule has 0 saturated heterocycles. The van der Waals surface area contributed by atoms with Gasteiger partial charge in [-0.3, -0.25) is 4.79 Å². The Morgan fingerprint density at radius 3 is 2.25 bits per heavy atom. The molecule has 1 aliphatic heterocycles. The van der Waals surface area contributed by atoms with Crippen molar-refractivity contribution in [1.82, 2.24) is 4.90 Å². The molecule has 0 bridgehead atoms. The van der Waals surface area contributed by atoms with Crippen molar-refractivity contribution in [2.75, 3.05) is 26.9 Å². The standard InChI is InChI=1S/C57H73FN2O7/c1-4-6-7-8-9-10-11-12-13-24-54(63)60(40-41-25-28-45(58)29-26-41)53-39-51(59-64-3)49-37-44(22-16-18-33-61)48(23-17-19-34-62)55-50-38-47(66-46-30-27-42-20-14-15-21-43(42)36-46)31-32-52(50)67-57(53,56(49)55)65-35-5-2/h5,14-15,20-21,25-32,36-38,44,48,53,55-56,61-62H,2,4,6-13,16-19,22-24,33-35,39-40H2,1,3H3/t44-,48+,53-,55+,56+,57+/m0/s1. The van der Waals surface area contributed by atoms with Crippen LogP contribution < -0.4 is 9.47 Å². The van der Waals surface area contributed by atoms with Gasteiger partial charge in [0.15, 0.2) is 0 Å². The maximum absolute atomic E-state index is 15.1. The number of hydrogen-bond donors (Lipinski definition) is 2. The molecule has 360 valence electrons. The summed E-state index contributed by atoms with van der Waals surface area (Å²) >= 11 is 0. The van der Waals surface area contributed by atoms with Gasteiger partial charge in [0, 0.05) is 44.1 Å². The predicted octanol–water partition coefficient (Wildman–Crippen LogP) is 13.0. The minimum atomic E-state index is -1.40. The Morgan fingerprint density at radius 2 is 1.54 bits per heavy atom. The largest absolute Gasteiger partial charge is 0.459 e. The van der Waals surface area contributed by atoms with Gasteiger partial charge in [-0.05, 0) is 108 Å². The number of amides is 1. The number of carbonyl (C=O) groups excluding carboxylic acids is 1. The van der Waals surface area contributed by atoms with Gasteiger partial charge in [0.05, 0.1) is 18.2 Å². The van der Waals surface area contributed by atoms with Gasteiger partial charge in [-0.1, -0.05) is 131 Å². The molecule has 2 aliphatic carbocycles. The first-order valence-electron chi connectivity index (χ1n) is 25.2. The zero-order valence-corrected chi connectivity index (χ0v) is 39.9. The number of fused-ring (bicyclic) bond motifs is 3. The van der Waals surface area contributed by atoms with Crippen LogP contribution in [0.1, 0.15) is 133 Å². The maximum Gasteiger partial charge on any atom is 0.239 e. The van der Waals surface area contributed by atoms with Crippen LogP contribution in [0.3, 0.4) is 0 Å². The first kappa shape index (κ1) is 49.9. The van der Waals surface area contributed by atoms with Gasteiger partial charge in [0.1, 0.15) is 36.2 Å². The van der Waals surface area contributed by atoms with Gasteiger partial charge >= 0.3 is 0 Å². The smallest absolute Gasteiger partial charge is 0.239 e. The molecule has 0 aromatic heterocycles. The number of benzene rings is 4. The van der Waals surface area contributed by atoms with E-state index in [0.29, 0.717) is 37.2 Å². The average Bonchev–Trinajstić information content (AvgIpc) is 3.34. The van der Waals surface area contributed by atoms with E-state index in [1.54, 1.807) is 25.3 Å². The summed E-state index contributed by atoms with van der Waals surface area (Å²) in [5.74, 6) is -0.202. The third-order valence-corrected chi connectivity index (χ3v) is 14.3. The van der Waals surface area contributed by atoms with E-state index in [4.69, 9.17) is 24.2 Å². The highest BCUT2D eigenvalue weighted by Gasteiger charge is 2.65. The number of aliphatic hydroxyl groups is 2. The van der Waals surface area contributed by atoms with Crippen LogP contribution in [0.4, 0.5) is 4.39 Å². The number of allylic oxidation sites excluding steroid dienone is 1. The van der Waals surface area contributed by atoms with Gasteiger partial charge < -0.3 is 34.2 Å². The topological polar surface area (TPSA) is 110 Å². The predicted molar refractivity (Wildman–Crippen MR) is 265 cm³/mol. The van der Waals surface area contributed by atoms with Crippen LogP contribution >= 0.6 is 0 Å². The molecule has 1 fully saturated rings. The van der Waals surface area contributed by atoms with Crippen molar-refractivity contribution in [3.05, 3.63) is 126 Å². The molecule has 10 heteroatoms. The van der Waals surface area contributed by atoms with Crippen LogP contribution in [-0.4, -0.2) is 65.5 Å². The molecular formula is C57H73FN2O7. The van der Waals surface area contributed by atoms with Crippen molar-refractivity contribution in [2.24, 2.45) is 22.9 Å². The number of ether oxygens (including phenoxy) is 3. The number of halogens is 1. The van der Waals surface area contributed by atoms with Crippen LogP contribution in [-0.2, 0) is 20.9 Å². The zero-order chi connectivity index (χ0) is 47.0. The van der Waals surface area contributed by atoms with Crippen molar-refractivity contribution in [1.29, 1.82) is 0 Å². The van der Waals surface area contributed by atoms with Crippen LogP contribution in [0.2, 0.25) is 0 Å². The molecule has 4 aromatic rings. The number of unbranched alkanes of at least 4 members (excludes halogenated alkanes) is 10. The number of carbonyl (C=O) groups is 1. The molecule has 7 rings (SSSR count). The average molecular weight is 917 g/mol. The van der Waals surface area contributed by atoms with Gasteiger partial charge in [-0.25, -0.2) is 4.39 Å². The lowest BCUT2D eigenvalue weighted by Gasteiger charge is -2.60. The van der Waals surface area contributed by atoms with E-state index in [1.165, 1.54) is 44.2 Å². The molecule has 67 heavy (non-hydrogen) atoms. The molecule has 0 spiro atoms. The van der Waals surface area contributed by atoms with E-state index < -0.39 is 17.7 Å². The molecule has 6 atom stereocenters. The van der Waals surface area contributed by atoms with Crippen molar-refractivity contribution in [2.45, 2.75) is 140 Å². The monoisotopic (exact) mass is 917 g/mol. The van der Waals surface area contributed by atoms with Crippen molar-refractivity contribution >= 4 is 22.4 Å². The Hall–Kier alpha value is -5.03. The lowest BCUT2D eigenvalue weighted by atomic mass is 9.55. The zero-order valence-electron chi connectivity index (χ0n) is 39.9. The summed E-state index contributed by atoms with van der Waals surface area (Å²) in [6.07, 6.45) is 19.6. The van der Waals surface area contributed by atoms with E-state index in [-0.39, 0.29) is 55.8 Å². The third-order valence-electron chi connectivity index (χ3n) is 14.3. The van der Waals surface area contributed by atoms with E-state index in [0.717, 1.165) is 90.3 Å². The van der Waals surface area contributed by atoms with E-state index >= 15 is 4.79 Å². The molecule has 1 heterocycles. The van der Waals surface area contributed by atoms with Gasteiger partial charge in [0.2, 0.25) is 11.7 Å². The third kappa shape index (κ3) is 12.2. The van der Waals surface area contributed by atoms with Crippen LogP contribution in [0.25, 0.3) is 10.8 Å². The first-order chi connectivity index (χ1) is 32.8. The Morgan fingerprint density at radius 1 is 0.851 bits per heavy atom. The summed E-state index contributed by atoms with van der Waals surface area (Å²) in [5.41, 5.74) is 3.48. The molecule has 0 unspecified atom stereocenters. The number of aliphatic hydroxyl groups excluding tert-OH is 2. The molecule has 1 saturated carbocycles.